The molecule has 1 aromatic carbocycles. The summed E-state index contributed by atoms with van der Waals surface area (Å²) in [5.41, 5.74) is -0.269. The minimum atomic E-state index is -0.972. The maximum absolute atomic E-state index is 12.3. The van der Waals surface area contributed by atoms with Crippen molar-refractivity contribution in [1.29, 1.82) is 0 Å². The van der Waals surface area contributed by atoms with Crippen LogP contribution in [0.2, 0.25) is 0 Å². The van der Waals surface area contributed by atoms with Crippen molar-refractivity contribution in [3.8, 4) is 0 Å². The highest BCUT2D eigenvalue weighted by Gasteiger charge is 2.28. The first-order chi connectivity index (χ1) is 11.0. The Morgan fingerprint density at radius 3 is 2.30 bits per heavy atom. The average molecular weight is 314 g/mol. The van der Waals surface area contributed by atoms with E-state index in [1.54, 1.807) is 18.2 Å². The summed E-state index contributed by atoms with van der Waals surface area (Å²) in [6.45, 7) is 0. The molecule has 0 radical (unpaired) electrons. The van der Waals surface area contributed by atoms with Crippen molar-refractivity contribution in [3.05, 3.63) is 61.9 Å². The number of nitrogens with one attached hydrogen (secondary N) is 1. The third-order valence-electron chi connectivity index (χ3n) is 2.91. The molecule has 0 fully saturated rings. The number of imidazole rings is 1. The van der Waals surface area contributed by atoms with Crippen molar-refractivity contribution >= 4 is 28.7 Å². The number of carbonyl (C=O) groups excluding carboxylic acids is 1. The third-order valence-corrected chi connectivity index (χ3v) is 2.91. The zero-order chi connectivity index (χ0) is 16.6. The number of nitro groups is 2. The number of carbonyl (C=O) groups is 1. The molecule has 0 aliphatic heterocycles. The summed E-state index contributed by atoms with van der Waals surface area (Å²) in [7, 11) is 0. The molecule has 0 spiro atoms. The molecule has 0 bridgehead atoms. The molecular weight excluding hydrogens is 308 g/mol. The Morgan fingerprint density at radius 2 is 1.70 bits per heavy atom. The smallest absolute Gasteiger partial charge is 0.389 e. The van der Waals surface area contributed by atoms with Crippen LogP contribution in [0.1, 0.15) is 16.2 Å². The second-order valence-corrected chi connectivity index (χ2v) is 4.34. The van der Waals surface area contributed by atoms with Gasteiger partial charge in [0, 0.05) is 10.5 Å². The molecule has 2 heterocycles. The van der Waals surface area contributed by atoms with Crippen LogP contribution in [0.25, 0.3) is 11.2 Å². The predicted molar refractivity (Wildman–Crippen MR) is 74.9 cm³/mol. The van der Waals surface area contributed by atoms with Gasteiger partial charge in [0.15, 0.2) is 5.82 Å². The number of nitrogens with zero attached hydrogens (tertiary/aromatic N) is 5. The largest absolute Gasteiger partial charge is 0.511 e. The number of hydrogen-bond donors (Lipinski definition) is 1. The van der Waals surface area contributed by atoms with Crippen molar-refractivity contribution in [3.63, 3.8) is 0 Å². The van der Waals surface area contributed by atoms with E-state index in [1.165, 1.54) is 12.1 Å². The molecular formula is C12H6N6O5. The molecule has 0 saturated carbocycles. The molecule has 3 aromatic rings. The lowest BCUT2D eigenvalue weighted by Gasteiger charge is -1.95. The van der Waals surface area contributed by atoms with E-state index in [0.29, 0.717) is 5.56 Å². The van der Waals surface area contributed by atoms with Gasteiger partial charge in [-0.25, -0.2) is 0 Å². The minimum Gasteiger partial charge on any atom is -0.389 e. The maximum Gasteiger partial charge on any atom is 0.511 e. The zero-order valence-corrected chi connectivity index (χ0v) is 11.2. The molecule has 2 aromatic heterocycles. The Hall–Kier alpha value is -3.76. The fourth-order valence-electron chi connectivity index (χ4n) is 1.92. The van der Waals surface area contributed by atoms with Crippen LogP contribution >= 0.6 is 0 Å². The van der Waals surface area contributed by atoms with E-state index in [2.05, 4.69) is 19.9 Å². The fraction of sp³-hybridized carbons (Fsp3) is 0. The van der Waals surface area contributed by atoms with E-state index in [-0.39, 0.29) is 17.0 Å². The van der Waals surface area contributed by atoms with E-state index in [9.17, 15) is 25.0 Å². The van der Waals surface area contributed by atoms with Crippen molar-refractivity contribution < 1.29 is 14.6 Å². The Labute approximate surface area is 126 Å². The van der Waals surface area contributed by atoms with Crippen LogP contribution in [0.15, 0.2) is 30.3 Å². The summed E-state index contributed by atoms with van der Waals surface area (Å²) in [5, 5.41) is 21.7. The third kappa shape index (κ3) is 2.46. The van der Waals surface area contributed by atoms with E-state index in [0.717, 1.165) is 0 Å². The highest BCUT2D eigenvalue weighted by atomic mass is 16.6. The predicted octanol–water partition coefficient (Wildman–Crippen LogP) is 1.40. The first-order valence-electron chi connectivity index (χ1n) is 6.13. The number of aromatic amines is 1. The maximum atomic E-state index is 12.3. The SMILES string of the molecule is O=C(c1ccccc1)c1nc2nc([N+](=O)[O-])nc([N+](=O)[O-])c2[nH]1. The Bertz CT molecular complexity index is 951. The van der Waals surface area contributed by atoms with Crippen LogP contribution < -0.4 is 0 Å². The highest BCUT2D eigenvalue weighted by Crippen LogP contribution is 2.23. The number of fused-ring (bicyclic) bond motifs is 1. The van der Waals surface area contributed by atoms with Crippen molar-refractivity contribution in [2.45, 2.75) is 0 Å². The Morgan fingerprint density at radius 1 is 1.00 bits per heavy atom. The summed E-state index contributed by atoms with van der Waals surface area (Å²) in [4.78, 5) is 45.1. The lowest BCUT2D eigenvalue weighted by molar-refractivity contribution is -0.405. The van der Waals surface area contributed by atoms with Gasteiger partial charge in [-0.05, 0) is 14.8 Å². The monoisotopic (exact) mass is 314 g/mol. The van der Waals surface area contributed by atoms with Gasteiger partial charge in [-0.15, -0.1) is 0 Å². The second-order valence-electron chi connectivity index (χ2n) is 4.34. The van der Waals surface area contributed by atoms with E-state index >= 15 is 0 Å². The van der Waals surface area contributed by atoms with Crippen LogP contribution in [0, 0.1) is 20.2 Å². The molecule has 0 aliphatic rings. The van der Waals surface area contributed by atoms with Crippen LogP contribution in [-0.4, -0.2) is 35.6 Å². The quantitative estimate of drug-likeness (QED) is 0.429. The molecule has 3 rings (SSSR count). The number of benzene rings is 1. The summed E-state index contributed by atoms with van der Waals surface area (Å²) < 4.78 is 0. The molecule has 0 unspecified atom stereocenters. The van der Waals surface area contributed by atoms with Crippen LogP contribution in [0.4, 0.5) is 11.8 Å². The summed E-state index contributed by atoms with van der Waals surface area (Å²) in [6.07, 6.45) is 0. The molecule has 0 aliphatic carbocycles. The lowest BCUT2D eigenvalue weighted by atomic mass is 10.1. The summed E-state index contributed by atoms with van der Waals surface area (Å²) >= 11 is 0. The normalized spacial score (nSPS) is 10.6. The standard InChI is InChI=1S/C12H6N6O5/c19-8(6-4-2-1-3-5-6)10-13-7-9(14-10)15-12(18(22)23)16-11(7)17(20)21/h1-5H,(H,13,14,15,16). The first kappa shape index (κ1) is 14.2. The second kappa shape index (κ2) is 5.22. The average Bonchev–Trinajstić information content (AvgIpc) is 2.97. The van der Waals surface area contributed by atoms with Gasteiger partial charge in [0.25, 0.3) is 5.65 Å². The van der Waals surface area contributed by atoms with Gasteiger partial charge in [0.2, 0.25) is 11.3 Å². The van der Waals surface area contributed by atoms with Gasteiger partial charge >= 0.3 is 11.8 Å². The van der Waals surface area contributed by atoms with Gasteiger partial charge in [0.1, 0.15) is 0 Å². The molecule has 11 nitrogen and oxygen atoms in total. The van der Waals surface area contributed by atoms with E-state index < -0.39 is 27.4 Å². The van der Waals surface area contributed by atoms with Crippen molar-refractivity contribution in [1.82, 2.24) is 19.9 Å². The van der Waals surface area contributed by atoms with Gasteiger partial charge in [-0.2, -0.15) is 4.98 Å². The van der Waals surface area contributed by atoms with Gasteiger partial charge in [-0.1, -0.05) is 30.3 Å². The van der Waals surface area contributed by atoms with E-state index in [1.807, 2.05) is 0 Å². The van der Waals surface area contributed by atoms with Gasteiger partial charge in [0.05, 0.1) is 0 Å². The highest BCUT2D eigenvalue weighted by molar-refractivity contribution is 6.08. The number of ketones is 1. The molecule has 114 valence electrons. The molecule has 0 amide bonds. The molecule has 11 heteroatoms. The Balaban J connectivity index is 2.18. The van der Waals surface area contributed by atoms with Crippen molar-refractivity contribution in [2.75, 3.05) is 0 Å². The lowest BCUT2D eigenvalue weighted by Crippen LogP contribution is -2.03. The summed E-state index contributed by atoms with van der Waals surface area (Å²) in [6, 6.07) is 8.08. The van der Waals surface area contributed by atoms with Gasteiger partial charge in [-0.3, -0.25) is 4.79 Å². The molecule has 1 N–H and O–H groups in total. The van der Waals surface area contributed by atoms with Crippen molar-refractivity contribution in [2.24, 2.45) is 0 Å². The van der Waals surface area contributed by atoms with Crippen LogP contribution in [0.5, 0.6) is 0 Å². The number of hydrogen-bond acceptors (Lipinski definition) is 8. The zero-order valence-electron chi connectivity index (χ0n) is 11.2. The topological polar surface area (TPSA) is 158 Å². The number of H-pyrrole nitrogens is 1. The molecule has 0 atom stereocenters. The Kier molecular flexibility index (Phi) is 3.22. The van der Waals surface area contributed by atoms with E-state index in [4.69, 9.17) is 0 Å². The number of aromatic nitrogens is 4. The first-order valence-corrected chi connectivity index (χ1v) is 6.13. The van der Waals surface area contributed by atoms with Crippen LogP contribution in [-0.2, 0) is 0 Å². The van der Waals surface area contributed by atoms with Gasteiger partial charge < -0.3 is 25.2 Å². The summed E-state index contributed by atoms with van der Waals surface area (Å²) in [5.74, 6) is -2.53. The number of rotatable bonds is 4. The minimum absolute atomic E-state index is 0.218. The molecule has 23 heavy (non-hydrogen) atoms. The fourth-order valence-corrected chi connectivity index (χ4v) is 1.92. The molecule has 0 saturated heterocycles. The van der Waals surface area contributed by atoms with Crippen LogP contribution in [0.3, 0.4) is 0 Å².